The van der Waals surface area contributed by atoms with E-state index in [4.69, 9.17) is 15.2 Å². The number of hydrogen-bond acceptors (Lipinski definition) is 10. The molecule has 0 unspecified atom stereocenters. The molecule has 4 heterocycles. The Morgan fingerprint density at radius 2 is 1.43 bits per heavy atom. The molecule has 216 valence electrons. The fourth-order valence-electron chi connectivity index (χ4n) is 4.50. The molecule has 3 fully saturated rings. The number of urea groups is 1. The highest BCUT2D eigenvalue weighted by atomic mass is 16.5. The molecule has 0 atom stereocenters. The van der Waals surface area contributed by atoms with E-state index in [0.717, 1.165) is 25.9 Å². The van der Waals surface area contributed by atoms with E-state index >= 15 is 0 Å². The standard InChI is InChI=1S/C20H25N7O3.C6H12N2O2/c21-17(28)16-18(23-20(25-24-16)27-8-2-1-3-9-27)22-15-6-4-14(5-7-15)19(29)26-10-12-30-13-11-26;1-7-6(9)8-2-4-10-5-3-8/h4-7H,1-3,8-13H2,(H2,21,28)(H,22,23,25);2-5H2,1H3,(H,7,9). The second-order valence-corrected chi connectivity index (χ2v) is 9.48. The van der Waals surface area contributed by atoms with Crippen LogP contribution in [-0.2, 0) is 9.47 Å². The van der Waals surface area contributed by atoms with Crippen LogP contribution in [0.15, 0.2) is 24.3 Å². The van der Waals surface area contributed by atoms with Gasteiger partial charge < -0.3 is 40.5 Å². The van der Waals surface area contributed by atoms with Gasteiger partial charge in [0.15, 0.2) is 11.5 Å². The quantitative estimate of drug-likeness (QED) is 0.481. The van der Waals surface area contributed by atoms with Gasteiger partial charge in [0.2, 0.25) is 5.95 Å². The highest BCUT2D eigenvalue weighted by Gasteiger charge is 2.21. The Morgan fingerprint density at radius 3 is 2.00 bits per heavy atom. The molecular formula is C26H37N9O5. The molecule has 4 N–H and O–H groups in total. The summed E-state index contributed by atoms with van der Waals surface area (Å²) < 4.78 is 10.4. The molecule has 3 saturated heterocycles. The molecular weight excluding hydrogens is 518 g/mol. The van der Waals surface area contributed by atoms with Crippen molar-refractivity contribution < 1.29 is 23.9 Å². The lowest BCUT2D eigenvalue weighted by Crippen LogP contribution is -2.44. The van der Waals surface area contributed by atoms with E-state index in [1.165, 1.54) is 6.42 Å². The molecule has 0 radical (unpaired) electrons. The van der Waals surface area contributed by atoms with E-state index < -0.39 is 5.91 Å². The van der Waals surface area contributed by atoms with Gasteiger partial charge in [-0.25, -0.2) is 4.79 Å². The van der Waals surface area contributed by atoms with Crippen LogP contribution in [0.3, 0.4) is 0 Å². The van der Waals surface area contributed by atoms with Gasteiger partial charge in [-0.05, 0) is 43.5 Å². The molecule has 40 heavy (non-hydrogen) atoms. The Hall–Kier alpha value is -4.04. The largest absolute Gasteiger partial charge is 0.378 e. The molecule has 2 aromatic rings. The highest BCUT2D eigenvalue weighted by molar-refractivity contribution is 5.97. The zero-order chi connectivity index (χ0) is 28.3. The minimum absolute atomic E-state index is 0.0108. The van der Waals surface area contributed by atoms with Gasteiger partial charge in [0.05, 0.1) is 26.4 Å². The van der Waals surface area contributed by atoms with E-state index in [0.29, 0.717) is 69.8 Å². The van der Waals surface area contributed by atoms with E-state index in [2.05, 4.69) is 30.7 Å². The van der Waals surface area contributed by atoms with Crippen molar-refractivity contribution in [3.05, 3.63) is 35.5 Å². The third-order valence-corrected chi connectivity index (χ3v) is 6.75. The van der Waals surface area contributed by atoms with E-state index in [9.17, 15) is 14.4 Å². The summed E-state index contributed by atoms with van der Waals surface area (Å²) in [6, 6.07) is 7.00. The number of aromatic nitrogens is 3. The molecule has 1 aromatic carbocycles. The summed E-state index contributed by atoms with van der Waals surface area (Å²) in [4.78, 5) is 45.4. The van der Waals surface area contributed by atoms with Gasteiger partial charge >= 0.3 is 6.03 Å². The first-order valence-electron chi connectivity index (χ1n) is 13.5. The lowest BCUT2D eigenvalue weighted by atomic mass is 10.1. The summed E-state index contributed by atoms with van der Waals surface area (Å²) in [6.45, 7) is 6.74. The fraction of sp³-hybridized carbons (Fsp3) is 0.538. The van der Waals surface area contributed by atoms with Crippen LogP contribution in [0, 0.1) is 0 Å². The minimum Gasteiger partial charge on any atom is -0.378 e. The third-order valence-electron chi connectivity index (χ3n) is 6.75. The predicted molar refractivity (Wildman–Crippen MR) is 148 cm³/mol. The number of nitrogens with two attached hydrogens (primary N) is 1. The Balaban J connectivity index is 0.000000312. The zero-order valence-corrected chi connectivity index (χ0v) is 22.8. The Morgan fingerprint density at radius 1 is 0.825 bits per heavy atom. The van der Waals surface area contributed by atoms with Crippen molar-refractivity contribution in [1.82, 2.24) is 30.3 Å². The molecule has 0 bridgehead atoms. The van der Waals surface area contributed by atoms with Crippen LogP contribution < -0.4 is 21.3 Å². The molecule has 3 aliphatic heterocycles. The number of carbonyl (C=O) groups is 3. The maximum absolute atomic E-state index is 12.6. The van der Waals surface area contributed by atoms with Crippen molar-refractivity contribution in [2.24, 2.45) is 5.73 Å². The number of amides is 4. The molecule has 0 saturated carbocycles. The average molecular weight is 556 g/mol. The molecule has 14 nitrogen and oxygen atoms in total. The van der Waals surface area contributed by atoms with Crippen LogP contribution in [0.2, 0.25) is 0 Å². The number of ether oxygens (including phenoxy) is 2. The van der Waals surface area contributed by atoms with Crippen molar-refractivity contribution in [1.29, 1.82) is 0 Å². The molecule has 0 spiro atoms. The number of nitrogens with zero attached hydrogens (tertiary/aromatic N) is 6. The number of morpholine rings is 2. The van der Waals surface area contributed by atoms with Gasteiger partial charge in [0.25, 0.3) is 11.8 Å². The van der Waals surface area contributed by atoms with Gasteiger partial charge in [0, 0.05) is 57.6 Å². The number of nitrogens with one attached hydrogen (secondary N) is 2. The summed E-state index contributed by atoms with van der Waals surface area (Å²) in [5.41, 5.74) is 6.68. The fourth-order valence-corrected chi connectivity index (χ4v) is 4.50. The molecule has 1 aromatic heterocycles. The summed E-state index contributed by atoms with van der Waals surface area (Å²) in [7, 11) is 1.64. The molecule has 14 heteroatoms. The molecule has 3 aliphatic rings. The van der Waals surface area contributed by atoms with Crippen molar-refractivity contribution in [2.45, 2.75) is 19.3 Å². The minimum atomic E-state index is -0.707. The second kappa shape index (κ2) is 14.4. The van der Waals surface area contributed by atoms with Crippen LogP contribution >= 0.6 is 0 Å². The third kappa shape index (κ3) is 7.76. The zero-order valence-electron chi connectivity index (χ0n) is 22.8. The van der Waals surface area contributed by atoms with Crippen LogP contribution in [0.4, 0.5) is 22.2 Å². The lowest BCUT2D eigenvalue weighted by Gasteiger charge is -2.27. The normalized spacial score (nSPS) is 17.4. The SMILES string of the molecule is CNC(=O)N1CCOCC1.NC(=O)c1nnc(N2CCCCC2)nc1Nc1ccc(C(=O)N2CCOCC2)cc1. The lowest BCUT2D eigenvalue weighted by molar-refractivity contribution is 0.0303. The smallest absolute Gasteiger partial charge is 0.317 e. The molecule has 4 amide bonds. The number of hydrogen-bond donors (Lipinski definition) is 3. The molecule has 0 aliphatic carbocycles. The van der Waals surface area contributed by atoms with E-state index in [1.807, 2.05) is 0 Å². The van der Waals surface area contributed by atoms with Gasteiger partial charge in [-0.2, -0.15) is 4.98 Å². The van der Waals surface area contributed by atoms with Crippen molar-refractivity contribution in [2.75, 3.05) is 83.0 Å². The summed E-state index contributed by atoms with van der Waals surface area (Å²) in [6.07, 6.45) is 3.33. The number of benzene rings is 1. The maximum atomic E-state index is 12.6. The number of primary amides is 1. The Labute approximate surface area is 233 Å². The first-order chi connectivity index (χ1) is 19.5. The summed E-state index contributed by atoms with van der Waals surface area (Å²) >= 11 is 0. The highest BCUT2D eigenvalue weighted by Crippen LogP contribution is 2.22. The van der Waals surface area contributed by atoms with Crippen LogP contribution in [0.25, 0.3) is 0 Å². The number of rotatable bonds is 5. The van der Waals surface area contributed by atoms with Gasteiger partial charge in [-0.3, -0.25) is 9.59 Å². The topological polar surface area (TPSA) is 168 Å². The molecule has 5 rings (SSSR count). The predicted octanol–water partition coefficient (Wildman–Crippen LogP) is 0.835. The first kappa shape index (κ1) is 29.0. The monoisotopic (exact) mass is 555 g/mol. The summed E-state index contributed by atoms with van der Waals surface area (Å²) in [5.74, 6) is -0.00721. The number of piperidine rings is 1. The second-order valence-electron chi connectivity index (χ2n) is 9.48. The van der Waals surface area contributed by atoms with Crippen LogP contribution in [-0.4, -0.2) is 116 Å². The van der Waals surface area contributed by atoms with Gasteiger partial charge in [-0.15, -0.1) is 10.2 Å². The van der Waals surface area contributed by atoms with Crippen LogP contribution in [0.1, 0.15) is 40.1 Å². The number of anilines is 3. The average Bonchev–Trinajstić information content (AvgIpc) is 3.02. The van der Waals surface area contributed by atoms with Gasteiger partial charge in [-0.1, -0.05) is 0 Å². The van der Waals surface area contributed by atoms with Crippen molar-refractivity contribution >= 4 is 35.3 Å². The van der Waals surface area contributed by atoms with E-state index in [-0.39, 0.29) is 23.5 Å². The first-order valence-corrected chi connectivity index (χ1v) is 13.5. The maximum Gasteiger partial charge on any atom is 0.317 e. The van der Waals surface area contributed by atoms with Crippen LogP contribution in [0.5, 0.6) is 0 Å². The summed E-state index contributed by atoms with van der Waals surface area (Å²) in [5, 5.41) is 13.7. The Kier molecular flexibility index (Phi) is 10.4. The van der Waals surface area contributed by atoms with E-state index in [1.54, 1.807) is 41.1 Å². The van der Waals surface area contributed by atoms with Crippen molar-refractivity contribution in [3.8, 4) is 0 Å². The van der Waals surface area contributed by atoms with Crippen molar-refractivity contribution in [3.63, 3.8) is 0 Å². The van der Waals surface area contributed by atoms with Gasteiger partial charge in [0.1, 0.15) is 0 Å². The Bertz CT molecular complexity index is 1150. The number of carbonyl (C=O) groups excluding carboxylic acids is 3.